The van der Waals surface area contributed by atoms with Gasteiger partial charge in [-0.15, -0.1) is 4.91 Å². The largest absolute Gasteiger partial charge is 0.298 e. The SMILES string of the molecule is CCC1(c2ccc(-c3c(F)cc(C)c(/C(C=O)=C(/C)N=O)c3F)cc2)CC1. The minimum absolute atomic E-state index is 0.0882. The average molecular weight is 369 g/mol. The number of rotatable bonds is 6. The summed E-state index contributed by atoms with van der Waals surface area (Å²) in [7, 11) is 0. The Balaban J connectivity index is 2.15. The van der Waals surface area contributed by atoms with Crippen LogP contribution in [0.25, 0.3) is 16.7 Å². The molecule has 3 rings (SSSR count). The topological polar surface area (TPSA) is 46.5 Å². The molecule has 2 aromatic carbocycles. The van der Waals surface area contributed by atoms with E-state index in [1.807, 2.05) is 12.1 Å². The van der Waals surface area contributed by atoms with Gasteiger partial charge in [-0.1, -0.05) is 31.2 Å². The molecule has 0 saturated heterocycles. The van der Waals surface area contributed by atoms with Crippen LogP contribution in [0.3, 0.4) is 0 Å². The molecule has 1 aliphatic rings. The van der Waals surface area contributed by atoms with Crippen molar-refractivity contribution < 1.29 is 13.6 Å². The molecule has 0 aliphatic heterocycles. The van der Waals surface area contributed by atoms with Gasteiger partial charge in [0.25, 0.3) is 0 Å². The first-order valence-corrected chi connectivity index (χ1v) is 8.98. The van der Waals surface area contributed by atoms with Crippen LogP contribution in [-0.2, 0) is 10.2 Å². The Kier molecular flexibility index (Phi) is 5.05. The monoisotopic (exact) mass is 369 g/mol. The van der Waals surface area contributed by atoms with E-state index in [-0.39, 0.29) is 33.4 Å². The highest BCUT2D eigenvalue weighted by Gasteiger charge is 2.42. The number of halogens is 2. The third-order valence-corrected chi connectivity index (χ3v) is 5.65. The van der Waals surface area contributed by atoms with Crippen molar-refractivity contribution in [2.24, 2.45) is 5.18 Å². The molecule has 27 heavy (non-hydrogen) atoms. The molecule has 1 fully saturated rings. The lowest BCUT2D eigenvalue weighted by atomic mass is 9.89. The Bertz CT molecular complexity index is 942. The lowest BCUT2D eigenvalue weighted by molar-refractivity contribution is -0.103. The maximum Gasteiger partial charge on any atom is 0.152 e. The fraction of sp³-hybridized carbons (Fsp3) is 0.318. The Morgan fingerprint density at radius 1 is 1.22 bits per heavy atom. The summed E-state index contributed by atoms with van der Waals surface area (Å²) in [6.07, 6.45) is 3.68. The van der Waals surface area contributed by atoms with Gasteiger partial charge in [-0.3, -0.25) is 4.79 Å². The molecule has 0 aromatic heterocycles. The van der Waals surface area contributed by atoms with Gasteiger partial charge in [0.2, 0.25) is 0 Å². The van der Waals surface area contributed by atoms with Gasteiger partial charge in [0.1, 0.15) is 11.6 Å². The maximum absolute atomic E-state index is 15.2. The summed E-state index contributed by atoms with van der Waals surface area (Å²) >= 11 is 0. The molecule has 1 aliphatic carbocycles. The smallest absolute Gasteiger partial charge is 0.152 e. The summed E-state index contributed by atoms with van der Waals surface area (Å²) in [6, 6.07) is 8.43. The number of carbonyl (C=O) groups excluding carboxylic acids is 1. The highest BCUT2D eigenvalue weighted by molar-refractivity contribution is 6.09. The molecule has 5 heteroatoms. The van der Waals surface area contributed by atoms with E-state index >= 15 is 4.39 Å². The second-order valence-corrected chi connectivity index (χ2v) is 7.16. The van der Waals surface area contributed by atoms with Gasteiger partial charge in [0, 0.05) is 11.1 Å². The molecule has 0 N–H and O–H groups in total. The summed E-state index contributed by atoms with van der Waals surface area (Å²) in [4.78, 5) is 22.2. The highest BCUT2D eigenvalue weighted by atomic mass is 19.1. The second kappa shape index (κ2) is 7.14. The van der Waals surface area contributed by atoms with E-state index in [9.17, 15) is 14.1 Å². The zero-order chi connectivity index (χ0) is 19.8. The molecule has 0 unspecified atom stereocenters. The van der Waals surface area contributed by atoms with Crippen LogP contribution in [0.2, 0.25) is 0 Å². The van der Waals surface area contributed by atoms with Crippen molar-refractivity contribution >= 4 is 11.9 Å². The summed E-state index contributed by atoms with van der Waals surface area (Å²) in [5.41, 5.74) is 1.41. The quantitative estimate of drug-likeness (QED) is 0.352. The molecule has 0 bridgehead atoms. The standard InChI is InChI=1S/C22H21F2NO2/c1-4-22(9-10-22)16-7-5-15(6-8-16)20-18(23)11-13(2)19(21(20)24)17(12-26)14(3)25-27/h5-8,11-12H,4,9-10H2,1-3H3/b17-14-. The minimum Gasteiger partial charge on any atom is -0.298 e. The second-order valence-electron chi connectivity index (χ2n) is 7.16. The first-order chi connectivity index (χ1) is 12.9. The van der Waals surface area contributed by atoms with Crippen LogP contribution in [0, 0.1) is 23.5 Å². The van der Waals surface area contributed by atoms with Crippen molar-refractivity contribution in [3.05, 3.63) is 69.3 Å². The minimum atomic E-state index is -0.859. The van der Waals surface area contributed by atoms with Crippen LogP contribution in [-0.4, -0.2) is 6.29 Å². The maximum atomic E-state index is 15.2. The van der Waals surface area contributed by atoms with Crippen LogP contribution in [0.5, 0.6) is 0 Å². The number of aldehydes is 1. The van der Waals surface area contributed by atoms with Crippen molar-refractivity contribution in [2.45, 2.75) is 45.4 Å². The predicted octanol–water partition coefficient (Wildman–Crippen LogP) is 6.08. The zero-order valence-corrected chi connectivity index (χ0v) is 15.6. The van der Waals surface area contributed by atoms with Crippen molar-refractivity contribution in [1.29, 1.82) is 0 Å². The van der Waals surface area contributed by atoms with E-state index in [0.29, 0.717) is 11.8 Å². The molecule has 2 aromatic rings. The fourth-order valence-corrected chi connectivity index (χ4v) is 3.69. The number of nitroso groups, excluding NO2 is 1. The van der Waals surface area contributed by atoms with Gasteiger partial charge in [-0.2, -0.15) is 0 Å². The first kappa shape index (κ1) is 19.1. The van der Waals surface area contributed by atoms with Gasteiger partial charge in [-0.05, 0) is 66.5 Å². The summed E-state index contributed by atoms with van der Waals surface area (Å²) in [5, 5.41) is 2.74. The third kappa shape index (κ3) is 3.22. The van der Waals surface area contributed by atoms with Crippen molar-refractivity contribution in [2.75, 3.05) is 0 Å². The molecule has 140 valence electrons. The lowest BCUT2D eigenvalue weighted by Crippen LogP contribution is -2.05. The summed E-state index contributed by atoms with van der Waals surface area (Å²) in [6.45, 7) is 4.96. The number of nitrogens with zero attached hydrogens (tertiary/aromatic N) is 1. The normalized spacial score (nSPS) is 15.9. The molecule has 0 amide bonds. The van der Waals surface area contributed by atoms with E-state index in [2.05, 4.69) is 12.1 Å². The number of carbonyl (C=O) groups is 1. The number of aryl methyl sites for hydroxylation is 1. The Hall–Kier alpha value is -2.69. The van der Waals surface area contributed by atoms with Crippen LogP contribution >= 0.6 is 0 Å². The Morgan fingerprint density at radius 2 is 1.85 bits per heavy atom. The number of benzene rings is 2. The van der Waals surface area contributed by atoms with E-state index < -0.39 is 11.6 Å². The number of allylic oxidation sites excluding steroid dienone is 2. The third-order valence-electron chi connectivity index (χ3n) is 5.65. The van der Waals surface area contributed by atoms with Gasteiger partial charge in [0.15, 0.2) is 6.29 Å². The number of hydrogen-bond acceptors (Lipinski definition) is 3. The summed E-state index contributed by atoms with van der Waals surface area (Å²) in [5.74, 6) is -1.57. The van der Waals surface area contributed by atoms with Crippen LogP contribution in [0.1, 0.15) is 49.8 Å². The first-order valence-electron chi connectivity index (χ1n) is 8.98. The molecule has 0 atom stereocenters. The lowest BCUT2D eigenvalue weighted by Gasteiger charge is -2.16. The zero-order valence-electron chi connectivity index (χ0n) is 15.6. The average Bonchev–Trinajstić information content (AvgIpc) is 3.46. The molecule has 0 radical (unpaired) electrons. The van der Waals surface area contributed by atoms with Crippen molar-refractivity contribution in [3.63, 3.8) is 0 Å². The van der Waals surface area contributed by atoms with Gasteiger partial charge >= 0.3 is 0 Å². The Morgan fingerprint density at radius 3 is 2.33 bits per heavy atom. The van der Waals surface area contributed by atoms with E-state index in [0.717, 1.165) is 19.3 Å². The predicted molar refractivity (Wildman–Crippen MR) is 102 cm³/mol. The van der Waals surface area contributed by atoms with E-state index in [4.69, 9.17) is 0 Å². The fourth-order valence-electron chi connectivity index (χ4n) is 3.69. The van der Waals surface area contributed by atoms with Crippen molar-refractivity contribution in [1.82, 2.24) is 0 Å². The molecule has 3 nitrogen and oxygen atoms in total. The highest BCUT2D eigenvalue weighted by Crippen LogP contribution is 2.51. The molecular formula is C22H21F2NO2. The van der Waals surface area contributed by atoms with E-state index in [1.165, 1.54) is 25.5 Å². The summed E-state index contributed by atoms with van der Waals surface area (Å²) < 4.78 is 29.9. The van der Waals surface area contributed by atoms with Gasteiger partial charge in [-0.25, -0.2) is 8.78 Å². The molecular weight excluding hydrogens is 348 g/mol. The van der Waals surface area contributed by atoms with Crippen LogP contribution in [0.4, 0.5) is 8.78 Å². The van der Waals surface area contributed by atoms with Crippen LogP contribution < -0.4 is 0 Å². The number of hydrogen-bond donors (Lipinski definition) is 0. The Labute approximate surface area is 157 Å². The van der Waals surface area contributed by atoms with Gasteiger partial charge < -0.3 is 0 Å². The molecule has 0 heterocycles. The van der Waals surface area contributed by atoms with Gasteiger partial charge in [0.05, 0.1) is 11.3 Å². The molecule has 1 saturated carbocycles. The van der Waals surface area contributed by atoms with Crippen LogP contribution in [0.15, 0.2) is 41.2 Å². The van der Waals surface area contributed by atoms with Crippen molar-refractivity contribution in [3.8, 4) is 11.1 Å². The molecule has 0 spiro atoms. The van der Waals surface area contributed by atoms with E-state index in [1.54, 1.807) is 12.1 Å².